The fourth-order valence-electron chi connectivity index (χ4n) is 3.76. The molecule has 2 heterocycles. The number of β-amino-alcohol motifs (C(OH)–C–C–N with tert-alkyl or cyclic N) is 1. The summed E-state index contributed by atoms with van der Waals surface area (Å²) in [6.45, 7) is 5.77. The van der Waals surface area contributed by atoms with Gasteiger partial charge in [-0.15, -0.1) is 0 Å². The van der Waals surface area contributed by atoms with Crippen molar-refractivity contribution in [2.45, 2.75) is 38.7 Å². The lowest BCUT2D eigenvalue weighted by atomic mass is 9.93. The highest BCUT2D eigenvalue weighted by Crippen LogP contribution is 2.36. The van der Waals surface area contributed by atoms with Gasteiger partial charge in [0.2, 0.25) is 0 Å². The zero-order chi connectivity index (χ0) is 19.9. The van der Waals surface area contributed by atoms with E-state index in [1.54, 1.807) is 6.07 Å². The number of nitrogens with zero attached hydrogens (tertiary/aromatic N) is 2. The van der Waals surface area contributed by atoms with Crippen LogP contribution in [0.2, 0.25) is 0 Å². The third-order valence-corrected chi connectivity index (χ3v) is 5.43. The van der Waals surface area contributed by atoms with Crippen molar-refractivity contribution in [3.8, 4) is 17.6 Å². The lowest BCUT2D eigenvalue weighted by Gasteiger charge is -2.36. The van der Waals surface area contributed by atoms with E-state index in [9.17, 15) is 9.90 Å². The maximum absolute atomic E-state index is 12.8. The van der Waals surface area contributed by atoms with Gasteiger partial charge in [0.15, 0.2) is 11.5 Å². The Morgan fingerprint density at radius 3 is 2.89 bits per heavy atom. The summed E-state index contributed by atoms with van der Waals surface area (Å²) in [6, 6.07) is 5.79. The standard InChI is InChI=1S/C21H29N3O4/c1-15-5-6-17(20-19(15)27-11-4-12-28-20)21(26)23-13-16-7-10-24(14-18(16)25)9-3-2-8-22/h5-6,16,18,25H,2-4,7,9-14H2,1H3,(H,23,26)/t16-,18+/m0/s1. The van der Waals surface area contributed by atoms with Crippen molar-refractivity contribution in [1.82, 2.24) is 10.2 Å². The lowest BCUT2D eigenvalue weighted by Crippen LogP contribution is -2.47. The minimum absolute atomic E-state index is 0.0254. The number of fused-ring (bicyclic) bond motifs is 1. The molecular formula is C21H29N3O4. The Morgan fingerprint density at radius 2 is 2.14 bits per heavy atom. The Kier molecular flexibility index (Phi) is 7.12. The number of hydrogen-bond acceptors (Lipinski definition) is 6. The highest BCUT2D eigenvalue weighted by Gasteiger charge is 2.28. The first kappa shape index (κ1) is 20.4. The maximum atomic E-state index is 12.8. The number of piperidine rings is 1. The molecule has 7 nitrogen and oxygen atoms in total. The van der Waals surface area contributed by atoms with Gasteiger partial charge in [0.25, 0.3) is 5.91 Å². The molecular weight excluding hydrogens is 358 g/mol. The van der Waals surface area contributed by atoms with Gasteiger partial charge in [-0.1, -0.05) is 6.07 Å². The minimum atomic E-state index is -0.481. The average Bonchev–Trinajstić information content (AvgIpc) is 2.94. The van der Waals surface area contributed by atoms with E-state index < -0.39 is 6.10 Å². The predicted octanol–water partition coefficient (Wildman–Crippen LogP) is 1.87. The van der Waals surface area contributed by atoms with Gasteiger partial charge in [0, 0.05) is 31.8 Å². The number of aliphatic hydroxyl groups is 1. The van der Waals surface area contributed by atoms with Gasteiger partial charge in [-0.05, 0) is 44.5 Å². The first-order chi connectivity index (χ1) is 13.6. The number of nitrogens with one attached hydrogen (secondary N) is 1. The molecule has 0 aromatic heterocycles. The van der Waals surface area contributed by atoms with Crippen molar-refractivity contribution < 1.29 is 19.4 Å². The Balaban J connectivity index is 1.56. The molecule has 1 aromatic carbocycles. The number of aliphatic hydroxyl groups excluding tert-OH is 1. The largest absolute Gasteiger partial charge is 0.489 e. The first-order valence-electron chi connectivity index (χ1n) is 10.0. The van der Waals surface area contributed by atoms with Crippen LogP contribution in [0.4, 0.5) is 0 Å². The molecule has 0 bridgehead atoms. The van der Waals surface area contributed by atoms with Gasteiger partial charge >= 0.3 is 0 Å². The van der Waals surface area contributed by atoms with Crippen molar-refractivity contribution in [3.05, 3.63) is 23.3 Å². The molecule has 0 unspecified atom stereocenters. The molecule has 152 valence electrons. The molecule has 3 rings (SSSR count). The second kappa shape index (κ2) is 9.76. The number of amides is 1. The SMILES string of the molecule is Cc1ccc(C(=O)NC[C@@H]2CCN(CCCC#N)C[C@H]2O)c2c1OCCCO2. The molecule has 0 spiro atoms. The number of aryl methyl sites for hydroxylation is 1. The summed E-state index contributed by atoms with van der Waals surface area (Å²) in [5.41, 5.74) is 1.43. The predicted molar refractivity (Wildman–Crippen MR) is 105 cm³/mol. The zero-order valence-electron chi connectivity index (χ0n) is 16.4. The highest BCUT2D eigenvalue weighted by molar-refractivity contribution is 5.98. The molecule has 28 heavy (non-hydrogen) atoms. The van der Waals surface area contributed by atoms with Crippen LogP contribution in [0.1, 0.15) is 41.6 Å². The van der Waals surface area contributed by atoms with E-state index in [4.69, 9.17) is 14.7 Å². The van der Waals surface area contributed by atoms with Crippen molar-refractivity contribution in [3.63, 3.8) is 0 Å². The lowest BCUT2D eigenvalue weighted by molar-refractivity contribution is 0.0219. The zero-order valence-corrected chi connectivity index (χ0v) is 16.4. The second-order valence-electron chi connectivity index (χ2n) is 7.53. The molecule has 1 aromatic rings. The molecule has 2 aliphatic heterocycles. The Morgan fingerprint density at radius 1 is 1.36 bits per heavy atom. The van der Waals surface area contributed by atoms with Crippen molar-refractivity contribution in [2.24, 2.45) is 5.92 Å². The molecule has 1 fully saturated rings. The van der Waals surface area contributed by atoms with E-state index in [0.29, 0.717) is 49.8 Å². The van der Waals surface area contributed by atoms with Crippen LogP contribution in [0.25, 0.3) is 0 Å². The summed E-state index contributed by atoms with van der Waals surface area (Å²) in [6.07, 6.45) is 2.49. The molecule has 0 aliphatic carbocycles. The fourth-order valence-corrected chi connectivity index (χ4v) is 3.76. The highest BCUT2D eigenvalue weighted by atomic mass is 16.5. The number of hydrogen-bond donors (Lipinski definition) is 2. The minimum Gasteiger partial charge on any atom is -0.489 e. The van der Waals surface area contributed by atoms with E-state index in [0.717, 1.165) is 37.9 Å². The Hall–Kier alpha value is -2.30. The molecule has 2 atom stereocenters. The number of carbonyl (C=O) groups is 1. The Labute approximate surface area is 166 Å². The van der Waals surface area contributed by atoms with Gasteiger partial charge in [0.05, 0.1) is 31.0 Å². The van der Waals surface area contributed by atoms with E-state index >= 15 is 0 Å². The third kappa shape index (κ3) is 4.94. The fraction of sp³-hybridized carbons (Fsp3) is 0.619. The topological polar surface area (TPSA) is 94.8 Å². The number of likely N-dealkylation sites (tertiary alicyclic amines) is 1. The summed E-state index contributed by atoms with van der Waals surface area (Å²) in [7, 11) is 0. The van der Waals surface area contributed by atoms with Gasteiger partial charge in [-0.25, -0.2) is 0 Å². The van der Waals surface area contributed by atoms with E-state index in [-0.39, 0.29) is 11.8 Å². The number of unbranched alkanes of at least 4 members (excludes halogenated alkanes) is 1. The van der Waals surface area contributed by atoms with Gasteiger partial charge in [-0.3, -0.25) is 4.79 Å². The average molecular weight is 387 g/mol. The van der Waals surface area contributed by atoms with Crippen molar-refractivity contribution in [1.29, 1.82) is 5.26 Å². The molecule has 7 heteroatoms. The van der Waals surface area contributed by atoms with E-state index in [1.807, 2.05) is 13.0 Å². The summed E-state index contributed by atoms with van der Waals surface area (Å²) < 4.78 is 11.6. The number of rotatable bonds is 6. The summed E-state index contributed by atoms with van der Waals surface area (Å²) in [4.78, 5) is 14.9. The molecule has 1 amide bonds. The van der Waals surface area contributed by atoms with E-state index in [2.05, 4.69) is 16.3 Å². The van der Waals surface area contributed by atoms with Crippen molar-refractivity contribution in [2.75, 3.05) is 39.4 Å². The molecule has 1 saturated heterocycles. The quantitative estimate of drug-likeness (QED) is 0.724. The Bertz CT molecular complexity index is 731. The number of nitriles is 1. The van der Waals surface area contributed by atoms with Crippen molar-refractivity contribution >= 4 is 5.91 Å². The van der Waals surface area contributed by atoms with Crippen LogP contribution in [0.15, 0.2) is 12.1 Å². The third-order valence-electron chi connectivity index (χ3n) is 5.43. The van der Waals surface area contributed by atoms with Crippen LogP contribution in [0.3, 0.4) is 0 Å². The van der Waals surface area contributed by atoms with Crippen LogP contribution in [0.5, 0.6) is 11.5 Å². The van der Waals surface area contributed by atoms with Gasteiger partial charge < -0.3 is 24.8 Å². The van der Waals surface area contributed by atoms with Gasteiger partial charge in [0.1, 0.15) is 0 Å². The van der Waals surface area contributed by atoms with E-state index in [1.165, 1.54) is 0 Å². The number of benzene rings is 1. The van der Waals surface area contributed by atoms with Crippen LogP contribution >= 0.6 is 0 Å². The second-order valence-corrected chi connectivity index (χ2v) is 7.53. The van der Waals surface area contributed by atoms with Crippen LogP contribution in [-0.2, 0) is 0 Å². The van der Waals surface area contributed by atoms with Crippen LogP contribution in [-0.4, -0.2) is 61.4 Å². The van der Waals surface area contributed by atoms with Crippen LogP contribution in [0, 0.1) is 24.2 Å². The number of carbonyl (C=O) groups excluding carboxylic acids is 1. The normalized spacial score (nSPS) is 22.2. The molecule has 2 aliphatic rings. The summed E-state index contributed by atoms with van der Waals surface area (Å²) in [5, 5.41) is 22.0. The summed E-state index contributed by atoms with van der Waals surface area (Å²) in [5.74, 6) is 0.988. The first-order valence-corrected chi connectivity index (χ1v) is 10.0. The number of ether oxygens (including phenoxy) is 2. The monoisotopic (exact) mass is 387 g/mol. The summed E-state index contributed by atoms with van der Waals surface area (Å²) >= 11 is 0. The smallest absolute Gasteiger partial charge is 0.255 e. The molecule has 0 radical (unpaired) electrons. The van der Waals surface area contributed by atoms with Gasteiger partial charge in [-0.2, -0.15) is 5.26 Å². The molecule has 2 N–H and O–H groups in total. The maximum Gasteiger partial charge on any atom is 0.255 e. The van der Waals surface area contributed by atoms with Crippen LogP contribution < -0.4 is 14.8 Å². The molecule has 0 saturated carbocycles.